The predicted octanol–water partition coefficient (Wildman–Crippen LogP) is 3.80. The molecule has 1 saturated heterocycles. The van der Waals surface area contributed by atoms with Crippen LogP contribution in [0.1, 0.15) is 18.4 Å². The van der Waals surface area contributed by atoms with E-state index in [1.165, 1.54) is 18.4 Å². The number of hydrogen-bond donors (Lipinski definition) is 0. The lowest BCUT2D eigenvalue weighted by molar-refractivity contribution is 0.619. The second-order valence-corrected chi connectivity index (χ2v) is 5.58. The number of aryl methyl sites for hydroxylation is 1. The van der Waals surface area contributed by atoms with Crippen LogP contribution < -0.4 is 4.90 Å². The van der Waals surface area contributed by atoms with Gasteiger partial charge in [-0.05, 0) is 43.5 Å². The summed E-state index contributed by atoms with van der Waals surface area (Å²) in [6.07, 6.45) is 6.19. The average Bonchev–Trinajstić information content (AvgIpc) is 3.16. The number of anilines is 1. The molecule has 4 nitrogen and oxygen atoms in total. The molecule has 106 valence electrons. The molecule has 0 amide bonds. The molecule has 1 aromatic carbocycles. The fourth-order valence-electron chi connectivity index (χ4n) is 2.93. The molecule has 0 aliphatic carbocycles. The fraction of sp³-hybridized carbons (Fsp3) is 0.294. The van der Waals surface area contributed by atoms with E-state index in [-0.39, 0.29) is 0 Å². The summed E-state index contributed by atoms with van der Waals surface area (Å²) < 4.78 is 5.94. The van der Waals surface area contributed by atoms with Gasteiger partial charge in [0.05, 0.1) is 17.4 Å². The highest BCUT2D eigenvalue weighted by atomic mass is 16.3. The van der Waals surface area contributed by atoms with E-state index in [4.69, 9.17) is 4.42 Å². The van der Waals surface area contributed by atoms with Crippen molar-refractivity contribution in [3.63, 3.8) is 0 Å². The summed E-state index contributed by atoms with van der Waals surface area (Å²) >= 11 is 0. The summed E-state index contributed by atoms with van der Waals surface area (Å²) in [7, 11) is 0. The van der Waals surface area contributed by atoms with Crippen LogP contribution in [0, 0.1) is 6.92 Å². The summed E-state index contributed by atoms with van der Waals surface area (Å²) in [5.74, 6) is 0.680. The summed E-state index contributed by atoms with van der Waals surface area (Å²) in [4.78, 5) is 11.3. The van der Waals surface area contributed by atoms with Crippen LogP contribution in [0.4, 0.5) is 5.69 Å². The van der Waals surface area contributed by atoms with Gasteiger partial charge in [0.15, 0.2) is 5.58 Å². The van der Waals surface area contributed by atoms with Crippen LogP contribution in [0.25, 0.3) is 22.6 Å². The largest absolute Gasteiger partial charge is 0.436 e. The molecular formula is C17H17N3O. The molecule has 0 saturated carbocycles. The fourth-order valence-corrected chi connectivity index (χ4v) is 2.93. The van der Waals surface area contributed by atoms with Crippen molar-refractivity contribution in [1.29, 1.82) is 0 Å². The van der Waals surface area contributed by atoms with Crippen LogP contribution in [0.15, 0.2) is 41.1 Å². The number of aromatic nitrogens is 2. The van der Waals surface area contributed by atoms with Crippen LogP contribution in [0.3, 0.4) is 0 Å². The molecule has 0 spiro atoms. The Morgan fingerprint density at radius 3 is 2.86 bits per heavy atom. The Labute approximate surface area is 123 Å². The van der Waals surface area contributed by atoms with Gasteiger partial charge in [0.2, 0.25) is 5.89 Å². The SMILES string of the molecule is Cc1ccc2oc(-c3ccncc3N3CCCC3)nc2c1. The first-order valence-corrected chi connectivity index (χ1v) is 7.38. The van der Waals surface area contributed by atoms with E-state index in [1.54, 1.807) is 6.20 Å². The topological polar surface area (TPSA) is 42.2 Å². The summed E-state index contributed by atoms with van der Waals surface area (Å²) in [6, 6.07) is 8.08. The van der Waals surface area contributed by atoms with Crippen molar-refractivity contribution in [3.05, 3.63) is 42.2 Å². The van der Waals surface area contributed by atoms with Crippen molar-refractivity contribution in [1.82, 2.24) is 9.97 Å². The quantitative estimate of drug-likeness (QED) is 0.715. The molecule has 0 radical (unpaired) electrons. The minimum absolute atomic E-state index is 0.680. The smallest absolute Gasteiger partial charge is 0.229 e. The van der Waals surface area contributed by atoms with E-state index in [0.29, 0.717) is 5.89 Å². The third-order valence-electron chi connectivity index (χ3n) is 4.02. The first kappa shape index (κ1) is 12.4. The molecule has 4 rings (SSSR count). The Morgan fingerprint density at radius 1 is 1.14 bits per heavy atom. The van der Waals surface area contributed by atoms with E-state index >= 15 is 0 Å². The molecule has 3 heterocycles. The van der Waals surface area contributed by atoms with Crippen molar-refractivity contribution >= 4 is 16.8 Å². The van der Waals surface area contributed by atoms with Crippen LogP contribution in [0.5, 0.6) is 0 Å². The van der Waals surface area contributed by atoms with Gasteiger partial charge in [-0.3, -0.25) is 4.98 Å². The van der Waals surface area contributed by atoms with Crippen molar-refractivity contribution in [3.8, 4) is 11.5 Å². The van der Waals surface area contributed by atoms with Crippen molar-refractivity contribution < 1.29 is 4.42 Å². The molecule has 3 aromatic rings. The Morgan fingerprint density at radius 2 is 2.00 bits per heavy atom. The molecule has 0 atom stereocenters. The zero-order valence-corrected chi connectivity index (χ0v) is 12.0. The Bertz CT molecular complexity index is 788. The molecule has 21 heavy (non-hydrogen) atoms. The number of hydrogen-bond acceptors (Lipinski definition) is 4. The summed E-state index contributed by atoms with van der Waals surface area (Å²) in [6.45, 7) is 4.23. The molecule has 0 unspecified atom stereocenters. The van der Waals surface area contributed by atoms with Crippen molar-refractivity contribution in [2.24, 2.45) is 0 Å². The first-order chi connectivity index (χ1) is 10.3. The van der Waals surface area contributed by atoms with Crippen molar-refractivity contribution in [2.75, 3.05) is 18.0 Å². The minimum Gasteiger partial charge on any atom is -0.436 e. The van der Waals surface area contributed by atoms with E-state index in [9.17, 15) is 0 Å². The van der Waals surface area contributed by atoms with E-state index in [2.05, 4.69) is 27.9 Å². The lowest BCUT2D eigenvalue weighted by Crippen LogP contribution is -2.18. The summed E-state index contributed by atoms with van der Waals surface area (Å²) in [5, 5.41) is 0. The number of oxazole rings is 1. The van der Waals surface area contributed by atoms with Crippen LogP contribution in [-0.2, 0) is 0 Å². The average molecular weight is 279 g/mol. The Balaban J connectivity index is 1.84. The Kier molecular flexibility index (Phi) is 2.88. The molecule has 1 fully saturated rings. The summed E-state index contributed by atoms with van der Waals surface area (Å²) in [5.41, 5.74) is 5.09. The highest BCUT2D eigenvalue weighted by Gasteiger charge is 2.19. The predicted molar refractivity (Wildman–Crippen MR) is 83.4 cm³/mol. The maximum atomic E-state index is 5.94. The zero-order chi connectivity index (χ0) is 14.2. The number of fused-ring (bicyclic) bond motifs is 1. The highest BCUT2D eigenvalue weighted by Crippen LogP contribution is 2.33. The molecule has 2 aromatic heterocycles. The van der Waals surface area contributed by atoms with Gasteiger partial charge < -0.3 is 9.32 Å². The van der Waals surface area contributed by atoms with E-state index in [0.717, 1.165) is 35.4 Å². The maximum absolute atomic E-state index is 5.94. The number of nitrogens with zero attached hydrogens (tertiary/aromatic N) is 3. The maximum Gasteiger partial charge on any atom is 0.229 e. The van der Waals surface area contributed by atoms with Gasteiger partial charge in [-0.15, -0.1) is 0 Å². The second-order valence-electron chi connectivity index (χ2n) is 5.58. The third-order valence-corrected chi connectivity index (χ3v) is 4.02. The van der Waals surface area contributed by atoms with Crippen LogP contribution in [0.2, 0.25) is 0 Å². The van der Waals surface area contributed by atoms with Gasteiger partial charge in [0, 0.05) is 19.3 Å². The van der Waals surface area contributed by atoms with Gasteiger partial charge in [-0.1, -0.05) is 6.07 Å². The monoisotopic (exact) mass is 279 g/mol. The number of rotatable bonds is 2. The zero-order valence-electron chi connectivity index (χ0n) is 12.0. The van der Waals surface area contributed by atoms with E-state index < -0.39 is 0 Å². The van der Waals surface area contributed by atoms with Gasteiger partial charge in [-0.2, -0.15) is 0 Å². The van der Waals surface area contributed by atoms with Gasteiger partial charge in [0.25, 0.3) is 0 Å². The number of benzene rings is 1. The van der Waals surface area contributed by atoms with Crippen LogP contribution in [-0.4, -0.2) is 23.1 Å². The molecule has 1 aliphatic rings. The minimum atomic E-state index is 0.680. The standard InChI is InChI=1S/C17H17N3O/c1-12-4-5-16-14(10-12)19-17(21-16)13-6-7-18-11-15(13)20-8-2-3-9-20/h4-7,10-11H,2-3,8-9H2,1H3. The molecule has 0 N–H and O–H groups in total. The van der Waals surface area contributed by atoms with Gasteiger partial charge in [-0.25, -0.2) is 4.98 Å². The lowest BCUT2D eigenvalue weighted by atomic mass is 10.2. The highest BCUT2D eigenvalue weighted by molar-refractivity contribution is 5.80. The van der Waals surface area contributed by atoms with E-state index in [1.807, 2.05) is 24.4 Å². The first-order valence-electron chi connectivity index (χ1n) is 7.38. The Hall–Kier alpha value is -2.36. The third kappa shape index (κ3) is 2.17. The number of pyridine rings is 1. The van der Waals surface area contributed by atoms with Crippen molar-refractivity contribution in [2.45, 2.75) is 19.8 Å². The lowest BCUT2D eigenvalue weighted by Gasteiger charge is -2.19. The molecular weight excluding hydrogens is 262 g/mol. The molecule has 0 bridgehead atoms. The molecule has 4 heteroatoms. The van der Waals surface area contributed by atoms with Gasteiger partial charge in [0.1, 0.15) is 5.52 Å². The normalized spacial score (nSPS) is 15.0. The second kappa shape index (κ2) is 4.88. The van der Waals surface area contributed by atoms with Gasteiger partial charge >= 0.3 is 0 Å². The molecule has 1 aliphatic heterocycles. The van der Waals surface area contributed by atoms with Crippen LogP contribution >= 0.6 is 0 Å².